The molecule has 2 aliphatic rings. The number of benzene rings is 1. The van der Waals surface area contributed by atoms with Gasteiger partial charge in [0.05, 0.1) is 19.4 Å². The van der Waals surface area contributed by atoms with Crippen LogP contribution in [0, 0.1) is 5.92 Å². The van der Waals surface area contributed by atoms with E-state index < -0.39 is 0 Å². The predicted molar refractivity (Wildman–Crippen MR) is 129 cm³/mol. The molecule has 2 fully saturated rings. The molecule has 1 aromatic heterocycles. The van der Waals surface area contributed by atoms with E-state index in [2.05, 4.69) is 25.5 Å². The molecule has 4 rings (SSSR count). The van der Waals surface area contributed by atoms with Gasteiger partial charge in [-0.15, -0.1) is 0 Å². The van der Waals surface area contributed by atoms with Crippen molar-refractivity contribution in [2.75, 3.05) is 50.5 Å². The highest BCUT2D eigenvalue weighted by molar-refractivity contribution is 5.65. The van der Waals surface area contributed by atoms with Gasteiger partial charge in [-0.1, -0.05) is 19.3 Å². The summed E-state index contributed by atoms with van der Waals surface area (Å²) in [7, 11) is 1.67. The van der Waals surface area contributed by atoms with Crippen LogP contribution in [0.3, 0.4) is 0 Å². The Bertz CT molecular complexity index is 835. The van der Waals surface area contributed by atoms with Crippen molar-refractivity contribution in [2.45, 2.75) is 51.4 Å². The summed E-state index contributed by atoms with van der Waals surface area (Å²) in [6.45, 7) is 5.24. The zero-order valence-electron chi connectivity index (χ0n) is 19.3. The third kappa shape index (κ3) is 6.73. The minimum absolute atomic E-state index is 0.545. The van der Waals surface area contributed by atoms with Gasteiger partial charge in [-0.2, -0.15) is 4.98 Å². The second-order valence-corrected chi connectivity index (χ2v) is 8.89. The van der Waals surface area contributed by atoms with Gasteiger partial charge < -0.3 is 25.0 Å². The number of nitrogens with zero attached hydrogens (tertiary/aromatic N) is 3. The monoisotopic (exact) mass is 439 g/mol. The number of nitrogens with one attached hydrogen (secondary N) is 2. The lowest BCUT2D eigenvalue weighted by Gasteiger charge is -2.22. The van der Waals surface area contributed by atoms with Gasteiger partial charge >= 0.3 is 0 Å². The first-order valence-electron chi connectivity index (χ1n) is 12.2. The molecule has 0 spiro atoms. The van der Waals surface area contributed by atoms with E-state index in [0.29, 0.717) is 12.6 Å². The highest BCUT2D eigenvalue weighted by Gasteiger charge is 2.14. The highest BCUT2D eigenvalue weighted by Crippen LogP contribution is 2.31. The maximum Gasteiger partial charge on any atom is 0.229 e. The third-order valence-corrected chi connectivity index (χ3v) is 6.46. The third-order valence-electron chi connectivity index (χ3n) is 6.46. The van der Waals surface area contributed by atoms with Crippen LogP contribution in [0.2, 0.25) is 0 Å². The Morgan fingerprint density at radius 1 is 1.06 bits per heavy atom. The molecular formula is C25H37N5O2. The Morgan fingerprint density at radius 3 is 2.72 bits per heavy atom. The fourth-order valence-electron chi connectivity index (χ4n) is 4.64. The lowest BCUT2D eigenvalue weighted by Crippen LogP contribution is -2.21. The summed E-state index contributed by atoms with van der Waals surface area (Å²) >= 11 is 0. The van der Waals surface area contributed by atoms with E-state index in [9.17, 15) is 0 Å². The SMILES string of the molecule is COc1ccc(OCCCN2CCCC2)cc1Nc1nccc(NCC2CCCCC2)n1. The van der Waals surface area contributed by atoms with E-state index in [-0.39, 0.29) is 0 Å². The number of hydrogen-bond acceptors (Lipinski definition) is 7. The lowest BCUT2D eigenvalue weighted by molar-refractivity contribution is 0.263. The molecule has 1 aromatic carbocycles. The van der Waals surface area contributed by atoms with Crippen LogP contribution in [-0.4, -0.2) is 54.8 Å². The molecule has 0 unspecified atom stereocenters. The van der Waals surface area contributed by atoms with Crippen LogP contribution in [0.1, 0.15) is 51.4 Å². The topological polar surface area (TPSA) is 71.5 Å². The molecule has 1 saturated heterocycles. The Balaban J connectivity index is 1.32. The molecule has 7 nitrogen and oxygen atoms in total. The number of rotatable bonds is 11. The van der Waals surface area contributed by atoms with Crippen molar-refractivity contribution in [1.29, 1.82) is 0 Å². The van der Waals surface area contributed by atoms with Crippen LogP contribution in [0.5, 0.6) is 11.5 Å². The molecule has 0 bridgehead atoms. The quantitative estimate of drug-likeness (QED) is 0.473. The van der Waals surface area contributed by atoms with Gasteiger partial charge in [0.15, 0.2) is 0 Å². The van der Waals surface area contributed by atoms with Crippen molar-refractivity contribution >= 4 is 17.5 Å². The maximum atomic E-state index is 6.00. The second-order valence-electron chi connectivity index (χ2n) is 8.89. The number of aromatic nitrogens is 2. The molecule has 2 N–H and O–H groups in total. The van der Waals surface area contributed by atoms with Gasteiger partial charge in [-0.3, -0.25) is 0 Å². The largest absolute Gasteiger partial charge is 0.495 e. The lowest BCUT2D eigenvalue weighted by atomic mass is 9.89. The highest BCUT2D eigenvalue weighted by atomic mass is 16.5. The number of likely N-dealkylation sites (tertiary alicyclic amines) is 1. The van der Waals surface area contributed by atoms with E-state index in [0.717, 1.165) is 48.4 Å². The van der Waals surface area contributed by atoms with Crippen LogP contribution in [0.4, 0.5) is 17.5 Å². The fraction of sp³-hybridized carbons (Fsp3) is 0.600. The first kappa shape index (κ1) is 22.6. The van der Waals surface area contributed by atoms with E-state index in [1.54, 1.807) is 13.3 Å². The Hall–Kier alpha value is -2.54. The average molecular weight is 440 g/mol. The number of methoxy groups -OCH3 is 1. The van der Waals surface area contributed by atoms with E-state index in [1.165, 1.54) is 58.0 Å². The summed E-state index contributed by atoms with van der Waals surface area (Å²) in [5.41, 5.74) is 0.800. The first-order chi connectivity index (χ1) is 15.8. The van der Waals surface area contributed by atoms with Gasteiger partial charge in [0.2, 0.25) is 5.95 Å². The maximum absolute atomic E-state index is 6.00. The molecule has 32 heavy (non-hydrogen) atoms. The molecule has 1 aliphatic heterocycles. The summed E-state index contributed by atoms with van der Waals surface area (Å²) in [4.78, 5) is 11.5. The Kier molecular flexibility index (Phi) is 8.42. The molecule has 7 heteroatoms. The zero-order chi connectivity index (χ0) is 22.0. The summed E-state index contributed by atoms with van der Waals surface area (Å²) in [5.74, 6) is 3.69. The van der Waals surface area contributed by atoms with Crippen molar-refractivity contribution < 1.29 is 9.47 Å². The van der Waals surface area contributed by atoms with Gasteiger partial charge in [-0.25, -0.2) is 4.98 Å². The molecule has 0 radical (unpaired) electrons. The minimum atomic E-state index is 0.545. The first-order valence-corrected chi connectivity index (χ1v) is 12.2. The van der Waals surface area contributed by atoms with Crippen molar-refractivity contribution in [3.8, 4) is 11.5 Å². The van der Waals surface area contributed by atoms with Crippen molar-refractivity contribution in [3.63, 3.8) is 0 Å². The Morgan fingerprint density at radius 2 is 1.91 bits per heavy atom. The van der Waals surface area contributed by atoms with Crippen molar-refractivity contribution in [3.05, 3.63) is 30.5 Å². The standard InChI is InChI=1S/C25H37N5O2/c1-31-23-11-10-21(32-17-7-16-30-14-5-6-15-30)18-22(23)28-25-26-13-12-24(29-25)27-19-20-8-3-2-4-9-20/h10-13,18,20H,2-9,14-17,19H2,1H3,(H2,26,27,28,29). The molecule has 2 aromatic rings. The van der Waals surface area contributed by atoms with Gasteiger partial charge in [0.1, 0.15) is 17.3 Å². The normalized spacial score (nSPS) is 17.3. The summed E-state index contributed by atoms with van der Waals surface area (Å²) in [5, 5.41) is 6.79. The smallest absolute Gasteiger partial charge is 0.229 e. The molecule has 2 heterocycles. The summed E-state index contributed by atoms with van der Waals surface area (Å²) in [6, 6.07) is 7.75. The fourth-order valence-corrected chi connectivity index (χ4v) is 4.64. The van der Waals surface area contributed by atoms with Crippen LogP contribution < -0.4 is 20.1 Å². The zero-order valence-corrected chi connectivity index (χ0v) is 19.3. The van der Waals surface area contributed by atoms with Gasteiger partial charge in [-0.05, 0) is 69.3 Å². The van der Waals surface area contributed by atoms with E-state index in [1.807, 2.05) is 24.3 Å². The Labute approximate surface area is 191 Å². The van der Waals surface area contributed by atoms with Crippen molar-refractivity contribution in [2.24, 2.45) is 5.92 Å². The van der Waals surface area contributed by atoms with Gasteiger partial charge in [0, 0.05) is 25.4 Å². The second kappa shape index (κ2) is 11.9. The van der Waals surface area contributed by atoms with E-state index >= 15 is 0 Å². The molecule has 1 saturated carbocycles. The molecule has 1 aliphatic carbocycles. The summed E-state index contributed by atoms with van der Waals surface area (Å²) < 4.78 is 11.5. The van der Waals surface area contributed by atoms with Gasteiger partial charge in [0.25, 0.3) is 0 Å². The summed E-state index contributed by atoms with van der Waals surface area (Å²) in [6.07, 6.45) is 12.2. The van der Waals surface area contributed by atoms with Crippen LogP contribution in [0.25, 0.3) is 0 Å². The predicted octanol–water partition coefficient (Wildman–Crippen LogP) is 5.09. The molecular weight excluding hydrogens is 402 g/mol. The number of anilines is 3. The van der Waals surface area contributed by atoms with Crippen molar-refractivity contribution in [1.82, 2.24) is 14.9 Å². The number of ether oxygens (including phenoxy) is 2. The molecule has 0 amide bonds. The molecule has 0 atom stereocenters. The number of hydrogen-bond donors (Lipinski definition) is 2. The minimum Gasteiger partial charge on any atom is -0.495 e. The van der Waals surface area contributed by atoms with Crippen LogP contribution in [-0.2, 0) is 0 Å². The van der Waals surface area contributed by atoms with Crippen LogP contribution >= 0.6 is 0 Å². The average Bonchev–Trinajstić information content (AvgIpc) is 3.35. The van der Waals surface area contributed by atoms with E-state index in [4.69, 9.17) is 9.47 Å². The van der Waals surface area contributed by atoms with Crippen LogP contribution in [0.15, 0.2) is 30.5 Å². The molecule has 174 valence electrons.